The molecule has 0 aromatic carbocycles. The van der Waals surface area contributed by atoms with Crippen LogP contribution in [-0.4, -0.2) is 11.2 Å². The molecule has 0 aromatic heterocycles. The van der Waals surface area contributed by atoms with Crippen molar-refractivity contribution in [3.05, 3.63) is 22.3 Å². The molecule has 0 amide bonds. The third kappa shape index (κ3) is 2.42. The Bertz CT molecular complexity index is 496. The van der Waals surface area contributed by atoms with Gasteiger partial charge in [-0.2, -0.15) is 0 Å². The molecule has 1 heteroatoms. The van der Waals surface area contributed by atoms with Gasteiger partial charge in [-0.05, 0) is 68.6 Å². The molecular weight excluding hydrogens is 256 g/mol. The van der Waals surface area contributed by atoms with Gasteiger partial charge in [0.05, 0.1) is 6.10 Å². The first kappa shape index (κ1) is 15.3. The summed E-state index contributed by atoms with van der Waals surface area (Å²) in [6.07, 6.45) is 7.09. The van der Waals surface area contributed by atoms with Crippen molar-refractivity contribution in [2.45, 2.75) is 79.2 Å². The second-order valence-corrected chi connectivity index (χ2v) is 8.48. The Morgan fingerprint density at radius 1 is 1.24 bits per heavy atom. The largest absolute Gasteiger partial charge is 0.392 e. The van der Waals surface area contributed by atoms with E-state index in [1.165, 1.54) is 32.1 Å². The molecule has 1 N–H and O–H groups in total. The molecule has 118 valence electrons. The van der Waals surface area contributed by atoms with Gasteiger partial charge in [-0.15, -0.1) is 0 Å². The number of aliphatic hydroxyl groups is 1. The van der Waals surface area contributed by atoms with Gasteiger partial charge in [0, 0.05) is 0 Å². The Morgan fingerprint density at radius 2 is 1.95 bits per heavy atom. The molecule has 0 saturated heterocycles. The summed E-state index contributed by atoms with van der Waals surface area (Å²) in [4.78, 5) is 0. The van der Waals surface area contributed by atoms with Crippen molar-refractivity contribution in [3.63, 3.8) is 0 Å². The highest BCUT2D eigenvalue weighted by molar-refractivity contribution is 5.35. The fourth-order valence-corrected chi connectivity index (χ4v) is 5.28. The van der Waals surface area contributed by atoms with Crippen molar-refractivity contribution in [3.8, 4) is 0 Å². The number of hydrogen-bond acceptors (Lipinski definition) is 1. The molecule has 3 rings (SSSR count). The standard InChI is InChI=1S/C20H32O/c1-12(2)15-8-9-20(5)11-17-13(3)6-7-16(17)14(4)19(21)10-18(15)20/h12,14,16,19,21H,6-11H2,1-5H3. The Hall–Kier alpha value is -0.560. The van der Waals surface area contributed by atoms with Crippen LogP contribution in [-0.2, 0) is 0 Å². The van der Waals surface area contributed by atoms with Gasteiger partial charge in [0.25, 0.3) is 0 Å². The summed E-state index contributed by atoms with van der Waals surface area (Å²) >= 11 is 0. The van der Waals surface area contributed by atoms with Crippen LogP contribution in [0, 0.1) is 23.2 Å². The van der Waals surface area contributed by atoms with Gasteiger partial charge in [0.2, 0.25) is 0 Å². The predicted molar refractivity (Wildman–Crippen MR) is 89.0 cm³/mol. The van der Waals surface area contributed by atoms with Gasteiger partial charge >= 0.3 is 0 Å². The summed E-state index contributed by atoms with van der Waals surface area (Å²) in [5, 5.41) is 10.8. The minimum atomic E-state index is -0.155. The molecule has 3 aliphatic carbocycles. The lowest BCUT2D eigenvalue weighted by Crippen LogP contribution is -2.33. The van der Waals surface area contributed by atoms with E-state index in [0.717, 1.165) is 6.42 Å². The minimum Gasteiger partial charge on any atom is -0.392 e. The van der Waals surface area contributed by atoms with E-state index >= 15 is 0 Å². The number of aliphatic hydroxyl groups excluding tert-OH is 1. The maximum atomic E-state index is 10.8. The topological polar surface area (TPSA) is 20.2 Å². The quantitative estimate of drug-likeness (QED) is 0.653. The lowest BCUT2D eigenvalue weighted by molar-refractivity contribution is 0.0775. The lowest BCUT2D eigenvalue weighted by atomic mass is 9.67. The van der Waals surface area contributed by atoms with E-state index in [1.54, 1.807) is 22.3 Å². The van der Waals surface area contributed by atoms with E-state index in [0.29, 0.717) is 23.2 Å². The monoisotopic (exact) mass is 288 g/mol. The number of fused-ring (bicyclic) bond motifs is 2. The average molecular weight is 288 g/mol. The Balaban J connectivity index is 2.05. The Labute approximate surface area is 130 Å². The van der Waals surface area contributed by atoms with Crippen LogP contribution in [0.4, 0.5) is 0 Å². The summed E-state index contributed by atoms with van der Waals surface area (Å²) in [5.41, 5.74) is 6.91. The van der Waals surface area contributed by atoms with Crippen LogP contribution >= 0.6 is 0 Å². The van der Waals surface area contributed by atoms with Crippen molar-refractivity contribution >= 4 is 0 Å². The van der Waals surface area contributed by atoms with Crippen LogP contribution in [0.15, 0.2) is 22.3 Å². The van der Waals surface area contributed by atoms with Gasteiger partial charge in [-0.25, -0.2) is 0 Å². The smallest absolute Gasteiger partial charge is 0.0608 e. The van der Waals surface area contributed by atoms with Gasteiger partial charge in [-0.3, -0.25) is 0 Å². The van der Waals surface area contributed by atoms with Gasteiger partial charge in [0.15, 0.2) is 0 Å². The molecule has 0 aliphatic heterocycles. The second kappa shape index (κ2) is 5.26. The zero-order chi connectivity index (χ0) is 15.4. The molecule has 3 aliphatic rings. The van der Waals surface area contributed by atoms with E-state index in [-0.39, 0.29) is 6.10 Å². The van der Waals surface area contributed by atoms with Crippen molar-refractivity contribution < 1.29 is 5.11 Å². The lowest BCUT2D eigenvalue weighted by Gasteiger charge is -2.39. The molecule has 0 radical (unpaired) electrons. The molecule has 21 heavy (non-hydrogen) atoms. The molecule has 0 aromatic rings. The minimum absolute atomic E-state index is 0.155. The van der Waals surface area contributed by atoms with E-state index in [1.807, 2.05) is 0 Å². The SMILES string of the molecule is CC1=C2CC3(C)CCC(C(C)C)=C3CC(O)C(C)C2CC1. The van der Waals surface area contributed by atoms with Crippen molar-refractivity contribution in [1.82, 2.24) is 0 Å². The summed E-state index contributed by atoms with van der Waals surface area (Å²) in [5.74, 6) is 1.70. The molecular formula is C20H32O. The molecule has 0 bridgehead atoms. The van der Waals surface area contributed by atoms with Crippen LogP contribution in [0.25, 0.3) is 0 Å². The van der Waals surface area contributed by atoms with Gasteiger partial charge < -0.3 is 5.11 Å². The highest BCUT2D eigenvalue weighted by Gasteiger charge is 2.44. The fraction of sp³-hybridized carbons (Fsp3) is 0.800. The molecule has 1 fully saturated rings. The summed E-state index contributed by atoms with van der Waals surface area (Å²) in [6, 6.07) is 0. The number of hydrogen-bond donors (Lipinski definition) is 1. The number of allylic oxidation sites excluding steroid dienone is 3. The third-order valence-electron chi connectivity index (χ3n) is 6.82. The fourth-order valence-electron chi connectivity index (χ4n) is 5.28. The van der Waals surface area contributed by atoms with Crippen LogP contribution < -0.4 is 0 Å². The maximum Gasteiger partial charge on any atom is 0.0608 e. The molecule has 4 atom stereocenters. The molecule has 0 spiro atoms. The first-order valence-corrected chi connectivity index (χ1v) is 8.92. The normalized spacial score (nSPS) is 40.4. The number of rotatable bonds is 1. The van der Waals surface area contributed by atoms with Crippen molar-refractivity contribution in [2.24, 2.45) is 23.2 Å². The Morgan fingerprint density at radius 3 is 2.62 bits per heavy atom. The second-order valence-electron chi connectivity index (χ2n) is 8.48. The highest BCUT2D eigenvalue weighted by atomic mass is 16.3. The Kier molecular flexibility index (Phi) is 3.84. The average Bonchev–Trinajstić information content (AvgIpc) is 2.91. The first-order chi connectivity index (χ1) is 9.83. The van der Waals surface area contributed by atoms with Crippen LogP contribution in [0.3, 0.4) is 0 Å². The summed E-state index contributed by atoms with van der Waals surface area (Å²) < 4.78 is 0. The van der Waals surface area contributed by atoms with Gasteiger partial charge in [0.1, 0.15) is 0 Å². The predicted octanol–water partition coefficient (Wildman–Crippen LogP) is 5.26. The van der Waals surface area contributed by atoms with E-state index < -0.39 is 0 Å². The van der Waals surface area contributed by atoms with E-state index in [2.05, 4.69) is 34.6 Å². The zero-order valence-electron chi connectivity index (χ0n) is 14.5. The maximum absolute atomic E-state index is 10.8. The summed E-state index contributed by atoms with van der Waals surface area (Å²) in [7, 11) is 0. The third-order valence-corrected chi connectivity index (χ3v) is 6.82. The molecule has 1 saturated carbocycles. The van der Waals surface area contributed by atoms with E-state index in [9.17, 15) is 5.11 Å². The molecule has 4 unspecified atom stereocenters. The van der Waals surface area contributed by atoms with Crippen LogP contribution in [0.1, 0.15) is 73.1 Å². The van der Waals surface area contributed by atoms with Crippen LogP contribution in [0.5, 0.6) is 0 Å². The van der Waals surface area contributed by atoms with E-state index in [4.69, 9.17) is 0 Å². The molecule has 1 nitrogen and oxygen atoms in total. The first-order valence-electron chi connectivity index (χ1n) is 8.92. The zero-order valence-corrected chi connectivity index (χ0v) is 14.5. The van der Waals surface area contributed by atoms with Gasteiger partial charge in [-0.1, -0.05) is 50.0 Å². The van der Waals surface area contributed by atoms with Crippen LogP contribution in [0.2, 0.25) is 0 Å². The van der Waals surface area contributed by atoms with Crippen molar-refractivity contribution in [2.75, 3.05) is 0 Å². The summed E-state index contributed by atoms with van der Waals surface area (Å²) in [6.45, 7) is 11.7. The molecule has 0 heterocycles. The highest BCUT2D eigenvalue weighted by Crippen LogP contribution is 2.56. The van der Waals surface area contributed by atoms with Crippen molar-refractivity contribution in [1.29, 1.82) is 0 Å².